The summed E-state index contributed by atoms with van der Waals surface area (Å²) in [5.74, 6) is -1.18. The monoisotopic (exact) mass is 324 g/mol. The Labute approximate surface area is 126 Å². The van der Waals surface area contributed by atoms with E-state index in [1.54, 1.807) is 19.2 Å². The first-order chi connectivity index (χ1) is 10.1. The molecule has 0 unspecified atom stereocenters. The van der Waals surface area contributed by atoms with Gasteiger partial charge in [-0.05, 0) is 28.1 Å². The zero-order valence-corrected chi connectivity index (χ0v) is 12.4. The van der Waals surface area contributed by atoms with E-state index in [2.05, 4.69) is 15.5 Å². The third-order valence-corrected chi connectivity index (χ3v) is 5.11. The van der Waals surface area contributed by atoms with Gasteiger partial charge in [0.05, 0.1) is 0 Å². The van der Waals surface area contributed by atoms with E-state index in [9.17, 15) is 14.3 Å². The minimum absolute atomic E-state index is 0.151. The number of carboxylic acid groups (broad SMARTS) is 1. The minimum Gasteiger partial charge on any atom is -0.477 e. The van der Waals surface area contributed by atoms with Crippen molar-refractivity contribution in [1.82, 2.24) is 20.2 Å². The van der Waals surface area contributed by atoms with E-state index < -0.39 is 11.8 Å². The SMILES string of the molecule is Cn1nnnc1SCc1c(C(=O)O)sc2cccc(F)c12. The van der Waals surface area contributed by atoms with E-state index in [1.165, 1.54) is 22.5 Å². The van der Waals surface area contributed by atoms with E-state index in [-0.39, 0.29) is 10.6 Å². The molecule has 6 nitrogen and oxygen atoms in total. The fourth-order valence-electron chi connectivity index (χ4n) is 1.96. The summed E-state index contributed by atoms with van der Waals surface area (Å²) in [6.45, 7) is 0. The number of aromatic carboxylic acids is 1. The Hall–Kier alpha value is -2.00. The van der Waals surface area contributed by atoms with Crippen LogP contribution >= 0.6 is 23.1 Å². The lowest BCUT2D eigenvalue weighted by Gasteiger charge is -2.02. The number of carbonyl (C=O) groups is 1. The number of benzene rings is 1. The number of carboxylic acids is 1. The molecule has 0 bridgehead atoms. The molecule has 0 fully saturated rings. The number of thiophene rings is 1. The van der Waals surface area contributed by atoms with Gasteiger partial charge in [-0.1, -0.05) is 17.8 Å². The standard InChI is InChI=1S/C12H9FN4O2S2/c1-17-12(14-15-16-17)20-5-6-9-7(13)3-2-4-8(9)21-10(6)11(18)19/h2-4H,5H2,1H3,(H,18,19). The maximum absolute atomic E-state index is 14.0. The van der Waals surface area contributed by atoms with E-state index in [0.717, 1.165) is 11.3 Å². The first-order valence-electron chi connectivity index (χ1n) is 5.86. The Morgan fingerprint density at radius 3 is 3.00 bits per heavy atom. The second-order valence-corrected chi connectivity index (χ2v) is 6.20. The van der Waals surface area contributed by atoms with Crippen LogP contribution in [0.25, 0.3) is 10.1 Å². The largest absolute Gasteiger partial charge is 0.477 e. The van der Waals surface area contributed by atoms with Crippen LogP contribution in [0.1, 0.15) is 15.2 Å². The maximum atomic E-state index is 14.0. The van der Waals surface area contributed by atoms with Gasteiger partial charge < -0.3 is 5.11 Å². The van der Waals surface area contributed by atoms with E-state index in [0.29, 0.717) is 20.8 Å². The molecule has 0 amide bonds. The molecular weight excluding hydrogens is 315 g/mol. The number of aromatic nitrogens is 4. The second-order valence-electron chi connectivity index (χ2n) is 4.20. The van der Waals surface area contributed by atoms with Gasteiger partial charge in [0, 0.05) is 22.9 Å². The summed E-state index contributed by atoms with van der Waals surface area (Å²) < 4.78 is 16.1. The highest BCUT2D eigenvalue weighted by atomic mass is 32.2. The molecule has 3 rings (SSSR count). The van der Waals surface area contributed by atoms with E-state index in [1.807, 2.05) is 0 Å². The van der Waals surface area contributed by atoms with Crippen LogP contribution in [0.15, 0.2) is 23.4 Å². The second kappa shape index (κ2) is 5.41. The molecule has 0 atom stereocenters. The number of hydrogen-bond donors (Lipinski definition) is 1. The molecule has 2 heterocycles. The number of aryl methyl sites for hydroxylation is 1. The number of tetrazole rings is 1. The molecule has 0 saturated heterocycles. The van der Waals surface area contributed by atoms with Crippen LogP contribution in [0.2, 0.25) is 0 Å². The highest BCUT2D eigenvalue weighted by molar-refractivity contribution is 7.98. The molecule has 0 aliphatic heterocycles. The minimum atomic E-state index is -1.05. The molecule has 1 aromatic carbocycles. The molecule has 0 radical (unpaired) electrons. The topological polar surface area (TPSA) is 80.9 Å². The first kappa shape index (κ1) is 14.0. The maximum Gasteiger partial charge on any atom is 0.346 e. The van der Waals surface area contributed by atoms with Crippen LogP contribution in [-0.2, 0) is 12.8 Å². The third kappa shape index (κ3) is 2.49. The number of nitrogens with zero attached hydrogens (tertiary/aromatic N) is 4. The number of halogens is 1. The average Bonchev–Trinajstić information content (AvgIpc) is 3.01. The molecule has 0 aliphatic rings. The number of hydrogen-bond acceptors (Lipinski definition) is 6. The van der Waals surface area contributed by atoms with Crippen molar-refractivity contribution in [3.05, 3.63) is 34.5 Å². The van der Waals surface area contributed by atoms with Crippen LogP contribution in [0.5, 0.6) is 0 Å². The molecule has 108 valence electrons. The summed E-state index contributed by atoms with van der Waals surface area (Å²) >= 11 is 2.35. The Balaban J connectivity index is 2.05. The van der Waals surface area contributed by atoms with Crippen molar-refractivity contribution in [3.8, 4) is 0 Å². The molecule has 3 aromatic rings. The van der Waals surface area contributed by atoms with Crippen molar-refractivity contribution in [2.24, 2.45) is 7.05 Å². The van der Waals surface area contributed by atoms with Gasteiger partial charge >= 0.3 is 5.97 Å². The van der Waals surface area contributed by atoms with Crippen molar-refractivity contribution < 1.29 is 14.3 Å². The molecular formula is C12H9FN4O2S2. The highest BCUT2D eigenvalue weighted by Crippen LogP contribution is 2.36. The van der Waals surface area contributed by atoms with Crippen molar-refractivity contribution in [2.75, 3.05) is 0 Å². The number of rotatable bonds is 4. The van der Waals surface area contributed by atoms with Gasteiger partial charge in [0.25, 0.3) is 0 Å². The highest BCUT2D eigenvalue weighted by Gasteiger charge is 2.20. The van der Waals surface area contributed by atoms with Crippen LogP contribution in [0, 0.1) is 5.82 Å². The molecule has 0 spiro atoms. The van der Waals surface area contributed by atoms with Gasteiger partial charge in [-0.15, -0.1) is 16.4 Å². The van der Waals surface area contributed by atoms with Gasteiger partial charge in [-0.25, -0.2) is 13.9 Å². The quantitative estimate of drug-likeness (QED) is 0.743. The lowest BCUT2D eigenvalue weighted by molar-refractivity contribution is 0.0701. The summed E-state index contributed by atoms with van der Waals surface area (Å²) in [4.78, 5) is 11.5. The first-order valence-corrected chi connectivity index (χ1v) is 7.66. The van der Waals surface area contributed by atoms with E-state index in [4.69, 9.17) is 0 Å². The third-order valence-electron chi connectivity index (χ3n) is 2.88. The molecule has 1 N–H and O–H groups in total. The Kier molecular flexibility index (Phi) is 3.60. The smallest absolute Gasteiger partial charge is 0.346 e. The molecule has 0 saturated carbocycles. The van der Waals surface area contributed by atoms with Crippen LogP contribution in [0.4, 0.5) is 4.39 Å². The molecule has 21 heavy (non-hydrogen) atoms. The van der Waals surface area contributed by atoms with Crippen LogP contribution < -0.4 is 0 Å². The number of thioether (sulfide) groups is 1. The van der Waals surface area contributed by atoms with Crippen LogP contribution in [-0.4, -0.2) is 31.3 Å². The number of fused-ring (bicyclic) bond motifs is 1. The molecule has 0 aliphatic carbocycles. The lowest BCUT2D eigenvalue weighted by Crippen LogP contribution is -1.98. The summed E-state index contributed by atoms with van der Waals surface area (Å²) in [5.41, 5.74) is 0.466. The Morgan fingerprint density at radius 1 is 1.52 bits per heavy atom. The Bertz CT molecular complexity index is 830. The van der Waals surface area contributed by atoms with Crippen molar-refractivity contribution >= 4 is 39.2 Å². The van der Waals surface area contributed by atoms with Crippen molar-refractivity contribution in [2.45, 2.75) is 10.9 Å². The lowest BCUT2D eigenvalue weighted by atomic mass is 10.1. The molecule has 9 heteroatoms. The van der Waals surface area contributed by atoms with Gasteiger partial charge in [0.1, 0.15) is 10.7 Å². The normalized spacial score (nSPS) is 11.1. The fourth-order valence-corrected chi connectivity index (χ4v) is 4.00. The van der Waals surface area contributed by atoms with Gasteiger partial charge in [0.15, 0.2) is 0 Å². The van der Waals surface area contributed by atoms with Gasteiger partial charge in [-0.3, -0.25) is 0 Å². The van der Waals surface area contributed by atoms with Gasteiger partial charge in [-0.2, -0.15) is 0 Å². The van der Waals surface area contributed by atoms with Crippen molar-refractivity contribution in [3.63, 3.8) is 0 Å². The fraction of sp³-hybridized carbons (Fsp3) is 0.167. The summed E-state index contributed by atoms with van der Waals surface area (Å²) in [6.07, 6.45) is 0. The molecule has 2 aromatic heterocycles. The average molecular weight is 324 g/mol. The van der Waals surface area contributed by atoms with E-state index >= 15 is 0 Å². The zero-order valence-electron chi connectivity index (χ0n) is 10.8. The summed E-state index contributed by atoms with van der Waals surface area (Å²) in [7, 11) is 1.69. The Morgan fingerprint density at radius 2 is 2.33 bits per heavy atom. The predicted molar refractivity (Wildman–Crippen MR) is 77.1 cm³/mol. The predicted octanol–water partition coefficient (Wildman–Crippen LogP) is 2.55. The zero-order chi connectivity index (χ0) is 15.0. The van der Waals surface area contributed by atoms with Gasteiger partial charge in [0.2, 0.25) is 5.16 Å². The summed E-state index contributed by atoms with van der Waals surface area (Å²) in [6, 6.07) is 4.62. The van der Waals surface area contributed by atoms with Crippen molar-refractivity contribution in [1.29, 1.82) is 0 Å². The summed E-state index contributed by atoms with van der Waals surface area (Å²) in [5, 5.41) is 21.2. The van der Waals surface area contributed by atoms with Crippen LogP contribution in [0.3, 0.4) is 0 Å².